The lowest BCUT2D eigenvalue weighted by Crippen LogP contribution is -2.48. The van der Waals surface area contributed by atoms with Gasteiger partial charge in [0.1, 0.15) is 5.69 Å². The molecule has 1 aliphatic heterocycles. The minimum absolute atomic E-state index is 0.151. The van der Waals surface area contributed by atoms with Crippen molar-refractivity contribution in [1.29, 1.82) is 0 Å². The van der Waals surface area contributed by atoms with E-state index in [1.807, 2.05) is 31.2 Å². The monoisotopic (exact) mass is 476 g/mol. The molecular formula is C21H21ClN4O3S2. The molecule has 1 saturated heterocycles. The Labute approximate surface area is 190 Å². The van der Waals surface area contributed by atoms with Gasteiger partial charge in [0.2, 0.25) is 0 Å². The van der Waals surface area contributed by atoms with Gasteiger partial charge in [-0.15, -0.1) is 11.3 Å². The molecule has 162 valence electrons. The molecule has 0 radical (unpaired) electrons. The number of nitrogens with zero attached hydrogens (tertiary/aromatic N) is 3. The number of carbonyl (C=O) groups excluding carboxylic acids is 1. The Morgan fingerprint density at radius 2 is 1.81 bits per heavy atom. The SMILES string of the molecule is Cc1ccc(S(=O)(=O)Nc2nc(C(=O)N3CCN(c4cccc(Cl)c4)CC3)cs2)cc1. The van der Waals surface area contributed by atoms with Gasteiger partial charge in [-0.1, -0.05) is 35.4 Å². The number of aromatic nitrogens is 1. The Balaban J connectivity index is 1.39. The molecule has 10 heteroatoms. The van der Waals surface area contributed by atoms with Gasteiger partial charge in [-0.3, -0.25) is 9.52 Å². The molecule has 0 bridgehead atoms. The molecule has 31 heavy (non-hydrogen) atoms. The summed E-state index contributed by atoms with van der Waals surface area (Å²) in [6, 6.07) is 14.2. The normalized spacial score (nSPS) is 14.5. The van der Waals surface area contributed by atoms with Gasteiger partial charge < -0.3 is 9.80 Å². The number of hydrogen-bond donors (Lipinski definition) is 1. The van der Waals surface area contributed by atoms with E-state index in [2.05, 4.69) is 14.6 Å². The zero-order valence-corrected chi connectivity index (χ0v) is 19.2. The Bertz CT molecular complexity index is 1190. The van der Waals surface area contributed by atoms with Crippen LogP contribution in [0, 0.1) is 6.92 Å². The van der Waals surface area contributed by atoms with E-state index in [9.17, 15) is 13.2 Å². The number of amides is 1. The van der Waals surface area contributed by atoms with Crippen LogP contribution in [0.1, 0.15) is 16.1 Å². The van der Waals surface area contributed by atoms with E-state index in [1.54, 1.807) is 22.4 Å². The molecule has 2 heterocycles. The van der Waals surface area contributed by atoms with Crippen molar-refractivity contribution in [2.24, 2.45) is 0 Å². The molecular weight excluding hydrogens is 456 g/mol. The molecule has 0 aliphatic carbocycles. The van der Waals surface area contributed by atoms with E-state index < -0.39 is 10.0 Å². The summed E-state index contributed by atoms with van der Waals surface area (Å²) in [6.07, 6.45) is 0. The van der Waals surface area contributed by atoms with Crippen LogP contribution in [-0.2, 0) is 10.0 Å². The highest BCUT2D eigenvalue weighted by Crippen LogP contribution is 2.23. The summed E-state index contributed by atoms with van der Waals surface area (Å²) in [5, 5.41) is 2.43. The molecule has 2 aromatic carbocycles. The van der Waals surface area contributed by atoms with Crippen molar-refractivity contribution in [2.75, 3.05) is 35.8 Å². The maximum Gasteiger partial charge on any atom is 0.273 e. The molecule has 0 atom stereocenters. The zero-order chi connectivity index (χ0) is 22.0. The molecule has 0 saturated carbocycles. The van der Waals surface area contributed by atoms with E-state index in [-0.39, 0.29) is 21.6 Å². The third-order valence-corrected chi connectivity index (χ3v) is 7.49. The molecule has 0 spiro atoms. The van der Waals surface area contributed by atoms with Gasteiger partial charge in [0.05, 0.1) is 4.90 Å². The molecule has 1 fully saturated rings. The summed E-state index contributed by atoms with van der Waals surface area (Å²) in [5.41, 5.74) is 2.24. The highest BCUT2D eigenvalue weighted by atomic mass is 35.5. The molecule has 1 N–H and O–H groups in total. The molecule has 3 aromatic rings. The number of aryl methyl sites for hydroxylation is 1. The largest absolute Gasteiger partial charge is 0.368 e. The first-order valence-corrected chi connectivity index (χ1v) is 12.4. The number of piperazine rings is 1. The second kappa shape index (κ2) is 8.86. The molecule has 4 rings (SSSR count). The maximum absolute atomic E-state index is 12.8. The topological polar surface area (TPSA) is 82.6 Å². The predicted molar refractivity (Wildman–Crippen MR) is 124 cm³/mol. The van der Waals surface area contributed by atoms with Crippen molar-refractivity contribution < 1.29 is 13.2 Å². The molecule has 7 nitrogen and oxygen atoms in total. The maximum atomic E-state index is 12.8. The highest BCUT2D eigenvalue weighted by molar-refractivity contribution is 7.93. The number of halogens is 1. The van der Waals surface area contributed by atoms with Crippen LogP contribution in [0.25, 0.3) is 0 Å². The summed E-state index contributed by atoms with van der Waals surface area (Å²) in [6.45, 7) is 4.35. The van der Waals surface area contributed by atoms with Crippen molar-refractivity contribution in [3.05, 3.63) is 70.2 Å². The summed E-state index contributed by atoms with van der Waals surface area (Å²) in [5.74, 6) is -0.206. The van der Waals surface area contributed by atoms with Crippen molar-refractivity contribution in [3.8, 4) is 0 Å². The number of thiazole rings is 1. The van der Waals surface area contributed by atoms with Gasteiger partial charge in [-0.25, -0.2) is 13.4 Å². The lowest BCUT2D eigenvalue weighted by atomic mass is 10.2. The van der Waals surface area contributed by atoms with Crippen LogP contribution >= 0.6 is 22.9 Å². The third kappa shape index (κ3) is 5.00. The van der Waals surface area contributed by atoms with Crippen LogP contribution in [-0.4, -0.2) is 50.4 Å². The zero-order valence-electron chi connectivity index (χ0n) is 16.8. The van der Waals surface area contributed by atoms with Crippen LogP contribution in [0.4, 0.5) is 10.8 Å². The van der Waals surface area contributed by atoms with Gasteiger partial charge in [0.25, 0.3) is 15.9 Å². The van der Waals surface area contributed by atoms with E-state index in [4.69, 9.17) is 11.6 Å². The van der Waals surface area contributed by atoms with Gasteiger partial charge in [0.15, 0.2) is 5.13 Å². The van der Waals surface area contributed by atoms with Crippen molar-refractivity contribution >= 4 is 49.7 Å². The lowest BCUT2D eigenvalue weighted by molar-refractivity contribution is 0.0742. The summed E-state index contributed by atoms with van der Waals surface area (Å²) in [4.78, 5) is 21.1. The summed E-state index contributed by atoms with van der Waals surface area (Å²) < 4.78 is 27.5. The Morgan fingerprint density at radius 3 is 2.48 bits per heavy atom. The van der Waals surface area contributed by atoms with Crippen molar-refractivity contribution in [1.82, 2.24) is 9.88 Å². The van der Waals surface area contributed by atoms with Gasteiger partial charge >= 0.3 is 0 Å². The fourth-order valence-corrected chi connectivity index (χ4v) is 5.43. The van der Waals surface area contributed by atoms with Crippen LogP contribution in [0.3, 0.4) is 0 Å². The van der Waals surface area contributed by atoms with Crippen LogP contribution in [0.5, 0.6) is 0 Å². The Kier molecular flexibility index (Phi) is 6.17. The van der Waals surface area contributed by atoms with E-state index in [1.165, 1.54) is 12.1 Å². The average molecular weight is 477 g/mol. The van der Waals surface area contributed by atoms with Gasteiger partial charge in [0, 0.05) is 42.3 Å². The van der Waals surface area contributed by atoms with Crippen LogP contribution < -0.4 is 9.62 Å². The molecule has 1 aromatic heterocycles. The molecule has 1 amide bonds. The highest BCUT2D eigenvalue weighted by Gasteiger charge is 2.25. The third-order valence-electron chi connectivity index (χ3n) is 5.02. The van der Waals surface area contributed by atoms with Crippen molar-refractivity contribution in [2.45, 2.75) is 11.8 Å². The van der Waals surface area contributed by atoms with Gasteiger partial charge in [-0.05, 0) is 37.3 Å². The smallest absolute Gasteiger partial charge is 0.273 e. The number of nitrogens with one attached hydrogen (secondary N) is 1. The van der Waals surface area contributed by atoms with Gasteiger partial charge in [-0.2, -0.15) is 0 Å². The second-order valence-corrected chi connectivity index (χ2v) is 10.2. The molecule has 0 unspecified atom stereocenters. The Morgan fingerprint density at radius 1 is 1.10 bits per heavy atom. The first-order chi connectivity index (χ1) is 14.8. The van der Waals surface area contributed by atoms with E-state index >= 15 is 0 Å². The number of sulfonamides is 1. The standard InChI is InChI=1S/C21H21ClN4O3S2/c1-15-5-7-18(8-6-15)31(28,29)24-21-23-19(14-30-21)20(27)26-11-9-25(10-12-26)17-4-2-3-16(22)13-17/h2-8,13-14H,9-12H2,1H3,(H,23,24). The minimum Gasteiger partial charge on any atom is -0.368 e. The average Bonchev–Trinajstić information content (AvgIpc) is 3.21. The number of benzene rings is 2. The number of rotatable bonds is 5. The first-order valence-electron chi connectivity index (χ1n) is 9.67. The fourth-order valence-electron chi connectivity index (χ4n) is 3.31. The van der Waals surface area contributed by atoms with Crippen LogP contribution in [0.2, 0.25) is 5.02 Å². The number of anilines is 2. The predicted octanol–water partition coefficient (Wildman–Crippen LogP) is 3.87. The second-order valence-electron chi connectivity index (χ2n) is 7.22. The molecule has 1 aliphatic rings. The minimum atomic E-state index is -3.75. The van der Waals surface area contributed by atoms with Crippen molar-refractivity contribution in [3.63, 3.8) is 0 Å². The number of hydrogen-bond acceptors (Lipinski definition) is 6. The summed E-state index contributed by atoms with van der Waals surface area (Å²) >= 11 is 7.16. The van der Waals surface area contributed by atoms with E-state index in [0.29, 0.717) is 31.2 Å². The fraction of sp³-hybridized carbons (Fsp3) is 0.238. The lowest BCUT2D eigenvalue weighted by Gasteiger charge is -2.35. The first kappa shape index (κ1) is 21.6. The number of carbonyl (C=O) groups is 1. The van der Waals surface area contributed by atoms with Crippen LogP contribution in [0.15, 0.2) is 58.8 Å². The quantitative estimate of drug-likeness (QED) is 0.604. The Hall–Kier alpha value is -2.62. The van der Waals surface area contributed by atoms with E-state index in [0.717, 1.165) is 22.6 Å². The summed E-state index contributed by atoms with van der Waals surface area (Å²) in [7, 11) is -3.75.